The Bertz CT molecular complexity index is 783. The van der Waals surface area contributed by atoms with Crippen LogP contribution in [0.5, 0.6) is 5.75 Å². The molecule has 0 radical (unpaired) electrons. The summed E-state index contributed by atoms with van der Waals surface area (Å²) in [4.78, 5) is 0. The highest BCUT2D eigenvalue weighted by atomic mass is 19.4. The number of nitrogens with zero attached hydrogens (tertiary/aromatic N) is 2. The molecule has 1 aliphatic rings. The number of hydrogen-bond acceptors (Lipinski definition) is 5. The van der Waals surface area contributed by atoms with Crippen molar-refractivity contribution in [1.82, 2.24) is 9.78 Å². The second-order valence-corrected chi connectivity index (χ2v) is 5.97. The summed E-state index contributed by atoms with van der Waals surface area (Å²) >= 11 is 0. The first-order valence-corrected chi connectivity index (χ1v) is 7.85. The van der Waals surface area contributed by atoms with E-state index in [0.29, 0.717) is 5.75 Å². The van der Waals surface area contributed by atoms with Crippen LogP contribution in [0.1, 0.15) is 22.5 Å². The van der Waals surface area contributed by atoms with Gasteiger partial charge < -0.3 is 19.3 Å². The minimum atomic E-state index is -4.71. The van der Waals surface area contributed by atoms with Crippen LogP contribution in [0.2, 0.25) is 0 Å². The fourth-order valence-corrected chi connectivity index (χ4v) is 3.35. The Kier molecular flexibility index (Phi) is 4.72. The van der Waals surface area contributed by atoms with E-state index in [1.165, 1.54) is 26.0 Å². The van der Waals surface area contributed by atoms with Gasteiger partial charge in [0.15, 0.2) is 5.69 Å². The van der Waals surface area contributed by atoms with Gasteiger partial charge in [-0.05, 0) is 17.7 Å². The van der Waals surface area contributed by atoms with Gasteiger partial charge in [-0.15, -0.1) is 0 Å². The number of hydrogen-bond donors (Lipinski definition) is 1. The standard InChI is InChI=1S/C17H19F3N2O4/c1-24-11-6-4-10(5-7-11)9-22-12-8-13(23)16(25-2,26-3)14(12)15(21-22)17(18,19)20/h4-7,13,23H,8-9H2,1-3H3. The molecule has 1 atom stereocenters. The average Bonchev–Trinajstić information content (AvgIpc) is 3.10. The number of aliphatic hydroxyl groups is 1. The normalized spacial score (nSPS) is 18.8. The van der Waals surface area contributed by atoms with Crippen LogP contribution in [0.25, 0.3) is 0 Å². The monoisotopic (exact) mass is 372 g/mol. The van der Waals surface area contributed by atoms with Crippen molar-refractivity contribution in [2.24, 2.45) is 0 Å². The molecule has 0 saturated carbocycles. The number of benzene rings is 1. The predicted molar refractivity (Wildman–Crippen MR) is 84.7 cm³/mol. The molecule has 142 valence electrons. The van der Waals surface area contributed by atoms with Gasteiger partial charge in [-0.1, -0.05) is 12.1 Å². The van der Waals surface area contributed by atoms with Crippen LogP contribution in [-0.2, 0) is 34.4 Å². The summed E-state index contributed by atoms with van der Waals surface area (Å²) in [6, 6.07) is 6.91. The molecular formula is C17H19F3N2O4. The lowest BCUT2D eigenvalue weighted by Gasteiger charge is -2.30. The predicted octanol–water partition coefficient (Wildman–Crippen LogP) is 2.32. The largest absolute Gasteiger partial charge is 0.497 e. The molecule has 0 saturated heterocycles. The lowest BCUT2D eigenvalue weighted by atomic mass is 10.1. The van der Waals surface area contributed by atoms with Gasteiger partial charge in [0.2, 0.25) is 5.79 Å². The van der Waals surface area contributed by atoms with Crippen molar-refractivity contribution < 1.29 is 32.5 Å². The Balaban J connectivity index is 2.08. The Morgan fingerprint density at radius 2 is 1.81 bits per heavy atom. The third-order valence-electron chi connectivity index (χ3n) is 4.60. The van der Waals surface area contributed by atoms with Gasteiger partial charge in [0.1, 0.15) is 11.9 Å². The highest BCUT2D eigenvalue weighted by Gasteiger charge is 2.56. The maximum atomic E-state index is 13.6. The average molecular weight is 372 g/mol. The molecule has 0 amide bonds. The van der Waals surface area contributed by atoms with Crippen molar-refractivity contribution in [3.05, 3.63) is 46.8 Å². The summed E-state index contributed by atoms with van der Waals surface area (Å²) in [7, 11) is 3.92. The van der Waals surface area contributed by atoms with Gasteiger partial charge in [-0.25, -0.2) is 0 Å². The van der Waals surface area contributed by atoms with Crippen molar-refractivity contribution >= 4 is 0 Å². The van der Waals surface area contributed by atoms with Crippen molar-refractivity contribution in [3.8, 4) is 5.75 Å². The maximum Gasteiger partial charge on any atom is 0.435 e. The first-order chi connectivity index (χ1) is 12.3. The SMILES string of the molecule is COc1ccc(Cn2nc(C(F)(F)F)c3c2CC(O)C3(OC)OC)cc1. The van der Waals surface area contributed by atoms with E-state index in [9.17, 15) is 18.3 Å². The van der Waals surface area contributed by atoms with Gasteiger partial charge >= 0.3 is 6.18 Å². The molecule has 0 fully saturated rings. The van der Waals surface area contributed by atoms with Crippen LogP contribution in [0, 0.1) is 0 Å². The molecule has 1 aromatic carbocycles. The zero-order valence-electron chi connectivity index (χ0n) is 14.5. The Morgan fingerprint density at radius 1 is 1.19 bits per heavy atom. The van der Waals surface area contributed by atoms with E-state index in [2.05, 4.69) is 5.10 Å². The molecule has 0 bridgehead atoms. The first-order valence-electron chi connectivity index (χ1n) is 7.85. The summed E-state index contributed by atoms with van der Waals surface area (Å²) in [5, 5.41) is 14.1. The second kappa shape index (κ2) is 6.57. The molecule has 0 spiro atoms. The van der Waals surface area contributed by atoms with Crippen LogP contribution < -0.4 is 4.74 Å². The number of aromatic nitrogens is 2. The molecule has 6 nitrogen and oxygen atoms in total. The van der Waals surface area contributed by atoms with Gasteiger partial charge in [-0.3, -0.25) is 4.68 Å². The fourth-order valence-electron chi connectivity index (χ4n) is 3.35. The van der Waals surface area contributed by atoms with Gasteiger partial charge in [0.25, 0.3) is 0 Å². The number of methoxy groups -OCH3 is 3. The fraction of sp³-hybridized carbons (Fsp3) is 0.471. The van der Waals surface area contributed by atoms with E-state index < -0.39 is 23.8 Å². The Hall–Kier alpha value is -2.10. The zero-order chi connectivity index (χ0) is 19.1. The molecule has 2 aromatic rings. The van der Waals surface area contributed by atoms with Crippen molar-refractivity contribution in [2.75, 3.05) is 21.3 Å². The molecule has 0 aliphatic heterocycles. The lowest BCUT2D eigenvalue weighted by molar-refractivity contribution is -0.263. The third kappa shape index (κ3) is 2.85. The van der Waals surface area contributed by atoms with Crippen molar-refractivity contribution in [1.29, 1.82) is 0 Å². The summed E-state index contributed by atoms with van der Waals surface area (Å²) in [5.74, 6) is -1.25. The van der Waals surface area contributed by atoms with Gasteiger partial charge in [0, 0.05) is 20.6 Å². The maximum absolute atomic E-state index is 13.6. The Labute approximate surface area is 148 Å². The zero-order valence-corrected chi connectivity index (χ0v) is 14.5. The van der Waals surface area contributed by atoms with E-state index in [1.54, 1.807) is 24.3 Å². The van der Waals surface area contributed by atoms with E-state index in [-0.39, 0.29) is 24.2 Å². The number of fused-ring (bicyclic) bond motifs is 1. The first kappa shape index (κ1) is 18.7. The highest BCUT2D eigenvalue weighted by Crippen LogP contribution is 2.47. The van der Waals surface area contributed by atoms with Crippen molar-refractivity contribution in [3.63, 3.8) is 0 Å². The van der Waals surface area contributed by atoms with E-state index in [4.69, 9.17) is 14.2 Å². The quantitative estimate of drug-likeness (QED) is 0.816. The van der Waals surface area contributed by atoms with Crippen LogP contribution in [0.4, 0.5) is 13.2 Å². The van der Waals surface area contributed by atoms with Crippen LogP contribution in [0.3, 0.4) is 0 Å². The molecule has 1 unspecified atom stereocenters. The van der Waals surface area contributed by atoms with Crippen molar-refractivity contribution in [2.45, 2.75) is 31.0 Å². The minimum absolute atomic E-state index is 0.0593. The minimum Gasteiger partial charge on any atom is -0.497 e. The molecule has 1 N–H and O–H groups in total. The number of halogens is 3. The Morgan fingerprint density at radius 3 is 2.31 bits per heavy atom. The number of aliphatic hydroxyl groups excluding tert-OH is 1. The summed E-state index contributed by atoms with van der Waals surface area (Å²) in [6.07, 6.45) is -6.04. The van der Waals surface area contributed by atoms with Gasteiger partial charge in [0.05, 0.1) is 24.9 Å². The van der Waals surface area contributed by atoms with E-state index >= 15 is 0 Å². The lowest BCUT2D eigenvalue weighted by Crippen LogP contribution is -2.41. The summed E-state index contributed by atoms with van der Waals surface area (Å²) < 4.78 is 57.3. The third-order valence-corrected chi connectivity index (χ3v) is 4.60. The van der Waals surface area contributed by atoms with Crippen LogP contribution in [0.15, 0.2) is 24.3 Å². The number of alkyl halides is 3. The molecular weight excluding hydrogens is 353 g/mol. The molecule has 1 aliphatic carbocycles. The summed E-state index contributed by atoms with van der Waals surface area (Å²) in [5.41, 5.74) is -0.395. The van der Waals surface area contributed by atoms with Crippen LogP contribution >= 0.6 is 0 Å². The highest BCUT2D eigenvalue weighted by molar-refractivity contribution is 5.40. The molecule has 1 heterocycles. The summed E-state index contributed by atoms with van der Waals surface area (Å²) in [6.45, 7) is 0.110. The topological polar surface area (TPSA) is 65.7 Å². The molecule has 26 heavy (non-hydrogen) atoms. The van der Waals surface area contributed by atoms with Crippen LogP contribution in [-0.4, -0.2) is 42.3 Å². The van der Waals surface area contributed by atoms with Gasteiger partial charge in [-0.2, -0.15) is 18.3 Å². The number of rotatable bonds is 5. The molecule has 3 rings (SSSR count). The molecule has 9 heteroatoms. The molecule has 1 aromatic heterocycles. The number of ether oxygens (including phenoxy) is 3. The van der Waals surface area contributed by atoms with E-state index in [0.717, 1.165) is 5.56 Å². The van der Waals surface area contributed by atoms with E-state index in [1.807, 2.05) is 0 Å². The second-order valence-electron chi connectivity index (χ2n) is 5.97. The smallest absolute Gasteiger partial charge is 0.435 e.